The van der Waals surface area contributed by atoms with Crippen LogP contribution in [0.1, 0.15) is 24.3 Å². The highest BCUT2D eigenvalue weighted by Crippen LogP contribution is 2.28. The van der Waals surface area contributed by atoms with Gasteiger partial charge in [-0.25, -0.2) is 0 Å². The molecule has 2 fully saturated rings. The number of benzene rings is 1. The maximum absolute atomic E-state index is 12.3. The topological polar surface area (TPSA) is 40.6 Å². The Morgan fingerprint density at radius 2 is 1.90 bits per heavy atom. The molecule has 112 valence electrons. The number of carbonyl (C=O) groups excluding carboxylic acids is 2. The number of rotatable bonds is 3. The molecule has 0 aliphatic carbocycles. The largest absolute Gasteiger partial charge is 0.341 e. The first-order chi connectivity index (χ1) is 10.2. The van der Waals surface area contributed by atoms with E-state index in [-0.39, 0.29) is 18.4 Å². The van der Waals surface area contributed by atoms with Gasteiger partial charge in [-0.1, -0.05) is 30.3 Å². The fraction of sp³-hybridized carbons (Fsp3) is 0.500. The van der Waals surface area contributed by atoms with Gasteiger partial charge in [0.2, 0.25) is 11.8 Å². The predicted molar refractivity (Wildman–Crippen MR) is 84.0 cm³/mol. The molecule has 2 aliphatic heterocycles. The molecule has 21 heavy (non-hydrogen) atoms. The number of thioether (sulfide) groups is 1. The molecular formula is C16H20N2O2S. The second kappa shape index (κ2) is 6.52. The van der Waals surface area contributed by atoms with Crippen molar-refractivity contribution in [3.8, 4) is 0 Å². The molecule has 2 heterocycles. The molecule has 0 bridgehead atoms. The van der Waals surface area contributed by atoms with E-state index in [1.807, 2.05) is 11.0 Å². The highest BCUT2D eigenvalue weighted by Gasteiger charge is 2.28. The highest BCUT2D eigenvalue weighted by molar-refractivity contribution is 8.00. The second-order valence-corrected chi connectivity index (χ2v) is 6.59. The van der Waals surface area contributed by atoms with Gasteiger partial charge in [0.15, 0.2) is 0 Å². The smallest absolute Gasteiger partial charge is 0.242 e. The molecule has 0 saturated carbocycles. The number of piperidine rings is 1. The number of nitrogens with zero attached hydrogens (tertiary/aromatic N) is 2. The van der Waals surface area contributed by atoms with Crippen LogP contribution < -0.4 is 0 Å². The molecule has 0 N–H and O–H groups in total. The summed E-state index contributed by atoms with van der Waals surface area (Å²) in [5.74, 6) is 1.91. The lowest BCUT2D eigenvalue weighted by Crippen LogP contribution is -2.44. The Kier molecular flexibility index (Phi) is 4.48. The number of likely N-dealkylation sites (tertiary alicyclic amines) is 1. The van der Waals surface area contributed by atoms with E-state index >= 15 is 0 Å². The molecule has 4 nitrogen and oxygen atoms in total. The lowest BCUT2D eigenvalue weighted by molar-refractivity contribution is -0.138. The first-order valence-corrected chi connectivity index (χ1v) is 8.58. The molecule has 0 aromatic heterocycles. The Bertz CT molecular complexity index is 512. The quantitative estimate of drug-likeness (QED) is 0.857. The van der Waals surface area contributed by atoms with Gasteiger partial charge in [-0.15, -0.1) is 11.8 Å². The van der Waals surface area contributed by atoms with Crippen molar-refractivity contribution >= 4 is 23.6 Å². The molecule has 5 heteroatoms. The fourth-order valence-corrected chi connectivity index (χ4v) is 3.90. The van der Waals surface area contributed by atoms with Crippen LogP contribution in [0.25, 0.3) is 0 Å². The van der Waals surface area contributed by atoms with E-state index in [2.05, 4.69) is 24.3 Å². The zero-order valence-electron chi connectivity index (χ0n) is 12.0. The van der Waals surface area contributed by atoms with Crippen molar-refractivity contribution in [2.75, 3.05) is 31.3 Å². The molecular weight excluding hydrogens is 284 g/mol. The number of carbonyl (C=O) groups is 2. The van der Waals surface area contributed by atoms with Crippen molar-refractivity contribution in [1.82, 2.24) is 9.80 Å². The van der Waals surface area contributed by atoms with E-state index in [1.54, 1.807) is 16.7 Å². The van der Waals surface area contributed by atoms with Crippen molar-refractivity contribution in [2.45, 2.75) is 18.8 Å². The molecule has 2 aliphatic rings. The highest BCUT2D eigenvalue weighted by atomic mass is 32.2. The maximum atomic E-state index is 12.3. The summed E-state index contributed by atoms with van der Waals surface area (Å²) in [4.78, 5) is 27.4. The minimum Gasteiger partial charge on any atom is -0.341 e. The Hall–Kier alpha value is -1.49. The lowest BCUT2D eigenvalue weighted by Gasteiger charge is -2.33. The molecule has 1 aromatic carbocycles. The van der Waals surface area contributed by atoms with Gasteiger partial charge in [0.05, 0.1) is 11.6 Å². The van der Waals surface area contributed by atoms with Gasteiger partial charge in [0.1, 0.15) is 6.54 Å². The molecule has 0 radical (unpaired) electrons. The van der Waals surface area contributed by atoms with Crippen LogP contribution in [0.2, 0.25) is 0 Å². The van der Waals surface area contributed by atoms with Crippen LogP contribution in [0, 0.1) is 0 Å². The molecule has 2 saturated heterocycles. The first kappa shape index (κ1) is 14.4. The number of hydrogen-bond donors (Lipinski definition) is 0. The van der Waals surface area contributed by atoms with E-state index in [0.29, 0.717) is 17.5 Å². The van der Waals surface area contributed by atoms with Crippen LogP contribution in [-0.4, -0.2) is 52.9 Å². The summed E-state index contributed by atoms with van der Waals surface area (Å²) < 4.78 is 0. The van der Waals surface area contributed by atoms with Gasteiger partial charge in [-0.3, -0.25) is 9.59 Å². The zero-order valence-corrected chi connectivity index (χ0v) is 12.8. The van der Waals surface area contributed by atoms with Crippen LogP contribution in [0.4, 0.5) is 0 Å². The average Bonchev–Trinajstić information content (AvgIpc) is 2.93. The third-order valence-electron chi connectivity index (χ3n) is 4.27. The molecule has 3 rings (SSSR count). The van der Waals surface area contributed by atoms with Crippen LogP contribution >= 0.6 is 11.8 Å². The van der Waals surface area contributed by atoms with Gasteiger partial charge in [-0.2, -0.15) is 0 Å². The predicted octanol–water partition coefficient (Wildman–Crippen LogP) is 1.93. The molecule has 0 unspecified atom stereocenters. The fourth-order valence-electron chi connectivity index (χ4n) is 2.99. The second-order valence-electron chi connectivity index (χ2n) is 5.63. The van der Waals surface area contributed by atoms with Crippen molar-refractivity contribution in [3.63, 3.8) is 0 Å². The number of amides is 2. The van der Waals surface area contributed by atoms with Crippen molar-refractivity contribution in [3.05, 3.63) is 35.9 Å². The van der Waals surface area contributed by atoms with Crippen LogP contribution in [0.5, 0.6) is 0 Å². The standard InChI is InChI=1S/C16H20N2O2S/c19-15(10-18-12-21-11-16(18)20)17-8-6-14(7-9-17)13-4-2-1-3-5-13/h1-5,14H,6-12H2. The van der Waals surface area contributed by atoms with Crippen LogP contribution in [0.3, 0.4) is 0 Å². The average molecular weight is 304 g/mol. The van der Waals surface area contributed by atoms with Crippen LogP contribution in [-0.2, 0) is 9.59 Å². The molecule has 2 amide bonds. The Morgan fingerprint density at radius 3 is 2.52 bits per heavy atom. The Labute approximate surface area is 129 Å². The van der Waals surface area contributed by atoms with Crippen molar-refractivity contribution in [2.24, 2.45) is 0 Å². The normalized spacial score (nSPS) is 20.1. The first-order valence-electron chi connectivity index (χ1n) is 7.42. The minimum atomic E-state index is 0.0903. The summed E-state index contributed by atoms with van der Waals surface area (Å²) in [5.41, 5.74) is 1.37. The number of hydrogen-bond acceptors (Lipinski definition) is 3. The van der Waals surface area contributed by atoms with E-state index in [9.17, 15) is 9.59 Å². The van der Waals surface area contributed by atoms with Gasteiger partial charge < -0.3 is 9.80 Å². The maximum Gasteiger partial charge on any atom is 0.242 e. The van der Waals surface area contributed by atoms with Gasteiger partial charge in [0, 0.05) is 13.1 Å². The minimum absolute atomic E-state index is 0.0903. The summed E-state index contributed by atoms with van der Waals surface area (Å²) in [6, 6.07) is 10.5. The van der Waals surface area contributed by atoms with Gasteiger partial charge in [0.25, 0.3) is 0 Å². The summed E-state index contributed by atoms with van der Waals surface area (Å²) in [6.07, 6.45) is 2.02. The summed E-state index contributed by atoms with van der Waals surface area (Å²) in [7, 11) is 0. The van der Waals surface area contributed by atoms with E-state index in [0.717, 1.165) is 25.9 Å². The Morgan fingerprint density at radius 1 is 1.19 bits per heavy atom. The third-order valence-corrected chi connectivity index (χ3v) is 5.22. The SMILES string of the molecule is O=C(CN1CSCC1=O)N1CCC(c2ccccc2)CC1. The van der Waals surface area contributed by atoms with Gasteiger partial charge >= 0.3 is 0 Å². The van der Waals surface area contributed by atoms with E-state index < -0.39 is 0 Å². The Balaban J connectivity index is 1.51. The lowest BCUT2D eigenvalue weighted by atomic mass is 9.89. The zero-order chi connectivity index (χ0) is 14.7. The summed E-state index contributed by atoms with van der Waals surface area (Å²) in [5, 5.41) is 0. The van der Waals surface area contributed by atoms with Gasteiger partial charge in [-0.05, 0) is 24.3 Å². The molecule has 1 aromatic rings. The third kappa shape index (κ3) is 3.40. The van der Waals surface area contributed by atoms with Crippen molar-refractivity contribution < 1.29 is 9.59 Å². The van der Waals surface area contributed by atoms with E-state index in [1.165, 1.54) is 5.56 Å². The summed E-state index contributed by atoms with van der Waals surface area (Å²) in [6.45, 7) is 1.85. The molecule has 0 spiro atoms. The van der Waals surface area contributed by atoms with E-state index in [4.69, 9.17) is 0 Å². The molecule has 0 atom stereocenters. The summed E-state index contributed by atoms with van der Waals surface area (Å²) >= 11 is 1.58. The van der Waals surface area contributed by atoms with Crippen molar-refractivity contribution in [1.29, 1.82) is 0 Å². The monoisotopic (exact) mass is 304 g/mol. The van der Waals surface area contributed by atoms with Crippen LogP contribution in [0.15, 0.2) is 30.3 Å².